The zero-order chi connectivity index (χ0) is 34.2. The first-order valence-electron chi connectivity index (χ1n) is 17.7. The topological polar surface area (TPSA) is 142 Å². The Bertz CT molecular complexity index is 1300. The zero-order valence-corrected chi connectivity index (χ0v) is 29.3. The summed E-state index contributed by atoms with van der Waals surface area (Å²) in [5.41, 5.74) is 0.832. The average Bonchev–Trinajstić information content (AvgIpc) is 3.71. The van der Waals surface area contributed by atoms with Crippen molar-refractivity contribution >= 4 is 35.1 Å². The lowest BCUT2D eigenvalue weighted by atomic mass is 10.1. The second kappa shape index (κ2) is 19.9. The van der Waals surface area contributed by atoms with E-state index in [9.17, 15) is 19.2 Å². The molecule has 1 fully saturated rings. The smallest absolute Gasteiger partial charge is 0.291 e. The van der Waals surface area contributed by atoms with Gasteiger partial charge in [-0.1, -0.05) is 84.5 Å². The van der Waals surface area contributed by atoms with Gasteiger partial charge in [0.05, 0.1) is 11.7 Å². The highest BCUT2D eigenvalue weighted by atomic mass is 16.2. The number of anilines is 2. The highest BCUT2D eigenvalue weighted by Crippen LogP contribution is 2.19. The molecule has 262 valence electrons. The number of imidazole rings is 1. The molecule has 4 amide bonds. The third-order valence-electron chi connectivity index (χ3n) is 8.87. The van der Waals surface area contributed by atoms with E-state index in [1.54, 1.807) is 41.7 Å². The maximum absolute atomic E-state index is 13.2. The number of carbonyl (C=O) groups excluding carboxylic acids is 4. The lowest BCUT2D eigenvalue weighted by Gasteiger charge is -2.18. The standard InChI is InChI=1S/C35H58N8O4/c1-6-8-10-11-12-13-14-15-16-17-18-20-36-33(45)28-21-26(23-41(28)3)37-34(46)29-22-27(24-42(29)4)38-35(47)32-40-30(25-43(32)5)39-31(44)19-9-7-2/h22,24-26,28H,6-21,23H2,1-5H3,(H,36,45)(H,37,46)(H,38,47)(H,39,44). The molecular weight excluding hydrogens is 596 g/mol. The van der Waals surface area contributed by atoms with Crippen LogP contribution in [0.3, 0.4) is 0 Å². The van der Waals surface area contributed by atoms with Gasteiger partial charge < -0.3 is 30.4 Å². The molecule has 47 heavy (non-hydrogen) atoms. The fourth-order valence-electron chi connectivity index (χ4n) is 6.11. The molecule has 1 aliphatic rings. The molecule has 1 aliphatic heterocycles. The minimum atomic E-state index is -0.460. The van der Waals surface area contributed by atoms with Crippen molar-refractivity contribution in [2.45, 2.75) is 122 Å². The summed E-state index contributed by atoms with van der Waals surface area (Å²) in [6.45, 7) is 5.52. The Labute approximate surface area is 280 Å². The van der Waals surface area contributed by atoms with Crippen molar-refractivity contribution in [3.63, 3.8) is 0 Å². The number of hydrogen-bond acceptors (Lipinski definition) is 6. The molecule has 0 saturated carbocycles. The Morgan fingerprint density at radius 3 is 2.09 bits per heavy atom. The number of likely N-dealkylation sites (tertiary alicyclic amines) is 1. The van der Waals surface area contributed by atoms with Crippen LogP contribution >= 0.6 is 0 Å². The van der Waals surface area contributed by atoms with E-state index >= 15 is 0 Å². The third kappa shape index (κ3) is 12.5. The van der Waals surface area contributed by atoms with E-state index in [4.69, 9.17) is 0 Å². The Morgan fingerprint density at radius 1 is 0.787 bits per heavy atom. The predicted molar refractivity (Wildman–Crippen MR) is 186 cm³/mol. The molecule has 1 saturated heterocycles. The number of aromatic nitrogens is 3. The van der Waals surface area contributed by atoms with Crippen LogP contribution in [0.25, 0.3) is 0 Å². The van der Waals surface area contributed by atoms with Crippen LogP contribution in [0.1, 0.15) is 131 Å². The summed E-state index contributed by atoms with van der Waals surface area (Å²) >= 11 is 0. The molecule has 0 radical (unpaired) electrons. The molecular formula is C35H58N8O4. The normalized spacial score (nSPS) is 16.3. The highest BCUT2D eigenvalue weighted by molar-refractivity contribution is 6.03. The molecule has 2 atom stereocenters. The molecule has 0 spiro atoms. The lowest BCUT2D eigenvalue weighted by Crippen LogP contribution is -2.41. The van der Waals surface area contributed by atoms with E-state index < -0.39 is 5.91 Å². The summed E-state index contributed by atoms with van der Waals surface area (Å²) in [5, 5.41) is 11.7. The molecule has 12 heteroatoms. The summed E-state index contributed by atoms with van der Waals surface area (Å²) in [4.78, 5) is 57.3. The molecule has 3 rings (SSSR count). The van der Waals surface area contributed by atoms with Crippen LogP contribution in [0.5, 0.6) is 0 Å². The first-order chi connectivity index (χ1) is 22.6. The largest absolute Gasteiger partial charge is 0.355 e. The van der Waals surface area contributed by atoms with E-state index in [1.165, 1.54) is 57.8 Å². The second-order valence-corrected chi connectivity index (χ2v) is 13.1. The van der Waals surface area contributed by atoms with Crippen LogP contribution in [0, 0.1) is 0 Å². The number of nitrogens with one attached hydrogen (secondary N) is 4. The lowest BCUT2D eigenvalue weighted by molar-refractivity contribution is -0.125. The summed E-state index contributed by atoms with van der Waals surface area (Å²) in [5.74, 6) is -0.420. The van der Waals surface area contributed by atoms with E-state index in [0.717, 1.165) is 25.7 Å². The number of hydrogen-bond donors (Lipinski definition) is 4. The minimum absolute atomic E-state index is 0.0122. The maximum Gasteiger partial charge on any atom is 0.291 e. The fraction of sp³-hybridized carbons (Fsp3) is 0.686. The van der Waals surface area contributed by atoms with Crippen molar-refractivity contribution in [2.24, 2.45) is 14.1 Å². The molecule has 2 aromatic rings. The summed E-state index contributed by atoms with van der Waals surface area (Å²) < 4.78 is 3.20. The third-order valence-corrected chi connectivity index (χ3v) is 8.87. The van der Waals surface area contributed by atoms with Crippen molar-refractivity contribution in [3.8, 4) is 0 Å². The van der Waals surface area contributed by atoms with Crippen LogP contribution in [0.2, 0.25) is 0 Å². The first kappa shape index (κ1) is 37.8. The molecule has 12 nitrogen and oxygen atoms in total. The quantitative estimate of drug-likeness (QED) is 0.133. The van der Waals surface area contributed by atoms with Crippen molar-refractivity contribution in [1.29, 1.82) is 0 Å². The summed E-state index contributed by atoms with van der Waals surface area (Å²) in [6.07, 6.45) is 19.9. The molecule has 0 aromatic carbocycles. The van der Waals surface area contributed by atoms with E-state index in [2.05, 4.69) is 33.2 Å². The maximum atomic E-state index is 13.2. The molecule has 2 unspecified atom stereocenters. The van der Waals surface area contributed by atoms with E-state index in [-0.39, 0.29) is 35.6 Å². The van der Waals surface area contributed by atoms with Gasteiger partial charge in [-0.3, -0.25) is 24.1 Å². The predicted octanol–water partition coefficient (Wildman–Crippen LogP) is 5.37. The second-order valence-electron chi connectivity index (χ2n) is 13.1. The van der Waals surface area contributed by atoms with Gasteiger partial charge in [-0.2, -0.15) is 0 Å². The van der Waals surface area contributed by atoms with Crippen molar-refractivity contribution < 1.29 is 19.2 Å². The van der Waals surface area contributed by atoms with Crippen LogP contribution in [0.15, 0.2) is 18.5 Å². The Morgan fingerprint density at radius 2 is 1.43 bits per heavy atom. The summed E-state index contributed by atoms with van der Waals surface area (Å²) in [6, 6.07) is 1.16. The summed E-state index contributed by atoms with van der Waals surface area (Å²) in [7, 11) is 5.33. The van der Waals surface area contributed by atoms with E-state index in [1.807, 2.05) is 18.9 Å². The van der Waals surface area contributed by atoms with Gasteiger partial charge in [-0.05, 0) is 32.4 Å². The number of rotatable bonds is 21. The van der Waals surface area contributed by atoms with Gasteiger partial charge >= 0.3 is 0 Å². The van der Waals surface area contributed by atoms with Gasteiger partial charge in [-0.15, -0.1) is 0 Å². The molecule has 2 aromatic heterocycles. The van der Waals surface area contributed by atoms with Crippen LogP contribution < -0.4 is 21.3 Å². The Balaban J connectivity index is 1.39. The fourth-order valence-corrected chi connectivity index (χ4v) is 6.11. The molecule has 0 bridgehead atoms. The van der Waals surface area contributed by atoms with Gasteiger partial charge in [-0.25, -0.2) is 4.98 Å². The number of likely N-dealkylation sites (N-methyl/N-ethyl adjacent to an activating group) is 1. The highest BCUT2D eigenvalue weighted by Gasteiger charge is 2.35. The Kier molecular flexibility index (Phi) is 16.0. The minimum Gasteiger partial charge on any atom is -0.355 e. The van der Waals surface area contributed by atoms with Gasteiger partial charge in [0.25, 0.3) is 11.8 Å². The van der Waals surface area contributed by atoms with Gasteiger partial charge in [0.1, 0.15) is 5.69 Å². The van der Waals surface area contributed by atoms with Gasteiger partial charge in [0, 0.05) is 52.0 Å². The number of amides is 4. The SMILES string of the molecule is CCCCCCCCCCCCCNC(=O)C1CC(NC(=O)c2cc(NC(=O)c3nc(NC(=O)CCCC)cn3C)cn2C)CN1C. The Hall–Kier alpha value is -3.67. The number of nitrogens with zero attached hydrogens (tertiary/aromatic N) is 4. The van der Waals surface area contributed by atoms with Crippen LogP contribution in [-0.2, 0) is 23.7 Å². The van der Waals surface area contributed by atoms with Crippen molar-refractivity contribution in [1.82, 2.24) is 29.7 Å². The average molecular weight is 655 g/mol. The number of aryl methyl sites for hydroxylation is 2. The zero-order valence-electron chi connectivity index (χ0n) is 29.3. The number of carbonyl (C=O) groups is 4. The van der Waals surface area contributed by atoms with Crippen molar-refractivity contribution in [3.05, 3.63) is 30.0 Å². The van der Waals surface area contributed by atoms with Gasteiger partial charge in [0.2, 0.25) is 17.6 Å². The van der Waals surface area contributed by atoms with Gasteiger partial charge in [0.15, 0.2) is 5.82 Å². The molecule has 0 aliphatic carbocycles. The van der Waals surface area contributed by atoms with Crippen LogP contribution in [0.4, 0.5) is 11.5 Å². The van der Waals surface area contributed by atoms with E-state index in [0.29, 0.717) is 43.1 Å². The molecule has 3 heterocycles. The number of unbranched alkanes of at least 4 members (excludes halogenated alkanes) is 11. The monoisotopic (exact) mass is 654 g/mol. The first-order valence-corrected chi connectivity index (χ1v) is 17.7. The molecule has 4 N–H and O–H groups in total. The van der Waals surface area contributed by atoms with Crippen LogP contribution in [-0.4, -0.2) is 74.9 Å². The van der Waals surface area contributed by atoms with Crippen molar-refractivity contribution in [2.75, 3.05) is 30.8 Å².